The first-order valence-electron chi connectivity index (χ1n) is 6.97. The molecule has 1 heterocycles. The number of carboxylic acid groups (broad SMARTS) is 1. The Balaban J connectivity index is 2.56. The van der Waals surface area contributed by atoms with Crippen molar-refractivity contribution in [3.05, 3.63) is 0 Å². The molecule has 0 aromatic heterocycles. The van der Waals surface area contributed by atoms with Crippen LogP contribution in [0.3, 0.4) is 0 Å². The smallest absolute Gasteiger partial charge is 0.317 e. The quantitative estimate of drug-likeness (QED) is 0.714. The average Bonchev–Trinajstić information content (AvgIpc) is 2.87. The molecule has 2 N–H and O–H groups in total. The molecular weight excluding hydrogens is 264 g/mol. The lowest BCUT2D eigenvalue weighted by Crippen LogP contribution is -2.51. The van der Waals surface area contributed by atoms with E-state index < -0.39 is 17.9 Å². The van der Waals surface area contributed by atoms with Crippen LogP contribution in [0, 0.1) is 5.92 Å². The van der Waals surface area contributed by atoms with Gasteiger partial charge in [0.15, 0.2) is 0 Å². The predicted octanol–water partition coefficient (Wildman–Crippen LogP) is 0.543. The number of amides is 2. The van der Waals surface area contributed by atoms with E-state index in [9.17, 15) is 9.59 Å². The van der Waals surface area contributed by atoms with Crippen LogP contribution in [0.1, 0.15) is 20.8 Å². The number of urea groups is 1. The zero-order valence-corrected chi connectivity index (χ0v) is 12.3. The molecule has 1 rings (SSSR count). The molecule has 116 valence electrons. The van der Waals surface area contributed by atoms with Crippen LogP contribution in [0.4, 0.5) is 4.79 Å². The first-order valence-corrected chi connectivity index (χ1v) is 6.97. The molecule has 7 heteroatoms. The Hall–Kier alpha value is -1.34. The molecular formula is C13H24N2O5. The van der Waals surface area contributed by atoms with Gasteiger partial charge in [0.25, 0.3) is 0 Å². The van der Waals surface area contributed by atoms with E-state index in [0.717, 1.165) is 0 Å². The Morgan fingerprint density at radius 1 is 1.45 bits per heavy atom. The van der Waals surface area contributed by atoms with E-state index in [1.54, 1.807) is 0 Å². The minimum Gasteiger partial charge on any atom is -0.481 e. The molecule has 1 saturated heterocycles. The summed E-state index contributed by atoms with van der Waals surface area (Å²) in [5, 5.41) is 11.9. The maximum absolute atomic E-state index is 12.1. The van der Waals surface area contributed by atoms with Gasteiger partial charge in [0.2, 0.25) is 0 Å². The first-order chi connectivity index (χ1) is 9.51. The molecule has 2 amide bonds. The summed E-state index contributed by atoms with van der Waals surface area (Å²) in [4.78, 5) is 24.8. The minimum absolute atomic E-state index is 0.0715. The number of nitrogens with zero attached hydrogens (tertiary/aromatic N) is 1. The highest BCUT2D eigenvalue weighted by Gasteiger charge is 2.39. The highest BCUT2D eigenvalue weighted by Crippen LogP contribution is 2.20. The highest BCUT2D eigenvalue weighted by atomic mass is 16.5. The molecule has 0 spiro atoms. The van der Waals surface area contributed by atoms with Crippen LogP contribution in [0.15, 0.2) is 0 Å². The van der Waals surface area contributed by atoms with Gasteiger partial charge in [0.1, 0.15) is 5.92 Å². The summed E-state index contributed by atoms with van der Waals surface area (Å²) in [6, 6.07) is -0.694. The van der Waals surface area contributed by atoms with Gasteiger partial charge in [-0.25, -0.2) is 4.79 Å². The van der Waals surface area contributed by atoms with E-state index in [1.165, 1.54) is 4.90 Å². The number of aliphatic carboxylic acids is 1. The van der Waals surface area contributed by atoms with Crippen molar-refractivity contribution in [2.75, 3.05) is 32.9 Å². The third kappa shape index (κ3) is 4.35. The Bertz CT molecular complexity index is 337. The largest absolute Gasteiger partial charge is 0.481 e. The van der Waals surface area contributed by atoms with Gasteiger partial charge in [-0.2, -0.15) is 0 Å². The SMILES string of the molecule is CCOC(C)CNC(=O)N(CC)C1COCC1C(=O)O. The average molecular weight is 288 g/mol. The highest BCUT2D eigenvalue weighted by molar-refractivity contribution is 5.77. The number of nitrogens with one attached hydrogen (secondary N) is 1. The molecule has 3 unspecified atom stereocenters. The summed E-state index contributed by atoms with van der Waals surface area (Å²) in [5.74, 6) is -1.59. The summed E-state index contributed by atoms with van der Waals surface area (Å²) < 4.78 is 10.5. The third-order valence-electron chi connectivity index (χ3n) is 3.36. The molecule has 3 atom stereocenters. The molecule has 0 aliphatic carbocycles. The van der Waals surface area contributed by atoms with Crippen molar-refractivity contribution in [3.63, 3.8) is 0 Å². The van der Waals surface area contributed by atoms with Gasteiger partial charge in [-0.1, -0.05) is 0 Å². The number of ether oxygens (including phenoxy) is 2. The second-order valence-corrected chi connectivity index (χ2v) is 4.79. The van der Waals surface area contributed by atoms with Crippen LogP contribution in [0.25, 0.3) is 0 Å². The number of carbonyl (C=O) groups excluding carboxylic acids is 1. The van der Waals surface area contributed by atoms with Crippen LogP contribution in [0.5, 0.6) is 0 Å². The Kier molecular flexibility index (Phi) is 6.74. The minimum atomic E-state index is -0.929. The molecule has 0 bridgehead atoms. The van der Waals surface area contributed by atoms with Gasteiger partial charge in [0.05, 0.1) is 25.4 Å². The summed E-state index contributed by atoms with van der Waals surface area (Å²) in [6.45, 7) is 7.43. The number of rotatable bonds is 7. The fourth-order valence-corrected chi connectivity index (χ4v) is 2.29. The van der Waals surface area contributed by atoms with Crippen LogP contribution in [-0.2, 0) is 14.3 Å². The lowest BCUT2D eigenvalue weighted by Gasteiger charge is -2.29. The van der Waals surface area contributed by atoms with Crippen LogP contribution in [0.2, 0.25) is 0 Å². The number of carbonyl (C=O) groups is 2. The molecule has 0 aromatic rings. The van der Waals surface area contributed by atoms with Crippen molar-refractivity contribution in [1.29, 1.82) is 0 Å². The normalized spacial score (nSPS) is 23.4. The van der Waals surface area contributed by atoms with Crippen molar-refractivity contribution >= 4 is 12.0 Å². The first kappa shape index (κ1) is 16.7. The van der Waals surface area contributed by atoms with Gasteiger partial charge in [-0.15, -0.1) is 0 Å². The Morgan fingerprint density at radius 2 is 2.15 bits per heavy atom. The standard InChI is InChI=1S/C13H24N2O5/c1-4-15(11-8-19-7-10(11)12(16)17)13(18)14-6-9(3)20-5-2/h9-11H,4-8H2,1-3H3,(H,14,18)(H,16,17). The fraction of sp³-hybridized carbons (Fsp3) is 0.846. The molecule has 0 radical (unpaired) electrons. The Morgan fingerprint density at radius 3 is 2.70 bits per heavy atom. The van der Waals surface area contributed by atoms with E-state index in [1.807, 2.05) is 20.8 Å². The van der Waals surface area contributed by atoms with Gasteiger partial charge in [-0.05, 0) is 20.8 Å². The molecule has 20 heavy (non-hydrogen) atoms. The Labute approximate surface area is 119 Å². The van der Waals surface area contributed by atoms with E-state index in [-0.39, 0.29) is 25.3 Å². The zero-order chi connectivity index (χ0) is 15.1. The van der Waals surface area contributed by atoms with Gasteiger partial charge >= 0.3 is 12.0 Å². The second kappa shape index (κ2) is 8.06. The van der Waals surface area contributed by atoms with Gasteiger partial charge in [0, 0.05) is 19.7 Å². The summed E-state index contributed by atoms with van der Waals surface area (Å²) in [6.07, 6.45) is -0.0715. The molecule has 1 aliphatic rings. The van der Waals surface area contributed by atoms with Crippen molar-refractivity contribution in [1.82, 2.24) is 10.2 Å². The predicted molar refractivity (Wildman–Crippen MR) is 72.6 cm³/mol. The zero-order valence-electron chi connectivity index (χ0n) is 12.3. The fourth-order valence-electron chi connectivity index (χ4n) is 2.29. The van der Waals surface area contributed by atoms with E-state index in [4.69, 9.17) is 14.6 Å². The summed E-state index contributed by atoms with van der Waals surface area (Å²) in [5.41, 5.74) is 0. The molecule has 1 aliphatic heterocycles. The molecule has 0 saturated carbocycles. The number of hydrogen-bond acceptors (Lipinski definition) is 4. The van der Waals surface area contributed by atoms with E-state index in [2.05, 4.69) is 5.32 Å². The number of likely N-dealkylation sites (N-methyl/N-ethyl adjacent to an activating group) is 1. The molecule has 7 nitrogen and oxygen atoms in total. The second-order valence-electron chi connectivity index (χ2n) is 4.79. The lowest BCUT2D eigenvalue weighted by molar-refractivity contribution is -0.142. The van der Waals surface area contributed by atoms with Crippen molar-refractivity contribution in [2.45, 2.75) is 32.9 Å². The van der Waals surface area contributed by atoms with Crippen molar-refractivity contribution in [2.24, 2.45) is 5.92 Å². The molecule has 0 aromatic carbocycles. The van der Waals surface area contributed by atoms with Crippen LogP contribution < -0.4 is 5.32 Å². The van der Waals surface area contributed by atoms with Crippen LogP contribution in [-0.4, -0.2) is 67.1 Å². The van der Waals surface area contributed by atoms with Crippen molar-refractivity contribution in [3.8, 4) is 0 Å². The van der Waals surface area contributed by atoms with E-state index >= 15 is 0 Å². The maximum atomic E-state index is 12.1. The number of carboxylic acids is 1. The van der Waals surface area contributed by atoms with Gasteiger partial charge in [-0.3, -0.25) is 4.79 Å². The third-order valence-corrected chi connectivity index (χ3v) is 3.36. The van der Waals surface area contributed by atoms with Crippen LogP contribution >= 0.6 is 0 Å². The topological polar surface area (TPSA) is 88.1 Å². The lowest BCUT2D eigenvalue weighted by atomic mass is 10.0. The van der Waals surface area contributed by atoms with E-state index in [0.29, 0.717) is 19.7 Å². The maximum Gasteiger partial charge on any atom is 0.317 e. The number of hydrogen-bond donors (Lipinski definition) is 2. The van der Waals surface area contributed by atoms with Gasteiger partial charge < -0.3 is 24.8 Å². The molecule has 1 fully saturated rings. The van der Waals surface area contributed by atoms with Crippen molar-refractivity contribution < 1.29 is 24.2 Å². The summed E-state index contributed by atoms with van der Waals surface area (Å²) in [7, 11) is 0. The monoisotopic (exact) mass is 288 g/mol. The summed E-state index contributed by atoms with van der Waals surface area (Å²) >= 11 is 0.